The molecule has 1 aliphatic heterocycles. The Kier molecular flexibility index (Phi) is 5.81. The molecule has 0 spiro atoms. The molecule has 0 saturated carbocycles. The number of rotatable bonds is 4. The summed E-state index contributed by atoms with van der Waals surface area (Å²) in [6, 6.07) is 7.65. The first kappa shape index (κ1) is 16.8. The van der Waals surface area contributed by atoms with E-state index in [1.807, 2.05) is 24.3 Å². The molecule has 1 heterocycles. The van der Waals surface area contributed by atoms with Crippen molar-refractivity contribution in [3.05, 3.63) is 29.8 Å². The lowest BCUT2D eigenvalue weighted by Gasteiger charge is -2.38. The fourth-order valence-corrected chi connectivity index (χ4v) is 2.64. The molecule has 5 heteroatoms. The van der Waals surface area contributed by atoms with Gasteiger partial charge in [-0.2, -0.15) is 0 Å². The predicted octanol–water partition coefficient (Wildman–Crippen LogP) is 0.465. The minimum atomic E-state index is -1.24. The van der Waals surface area contributed by atoms with Crippen molar-refractivity contribution in [2.45, 2.75) is 56.7 Å². The van der Waals surface area contributed by atoms with Crippen molar-refractivity contribution in [2.75, 3.05) is 5.73 Å². The van der Waals surface area contributed by atoms with E-state index in [0.717, 1.165) is 24.1 Å². The molecule has 0 aromatic heterocycles. The molecule has 1 aliphatic rings. The smallest absolute Gasteiger partial charge is 0.147 e. The van der Waals surface area contributed by atoms with Crippen LogP contribution in [0.3, 0.4) is 0 Å². The zero-order chi connectivity index (χ0) is 16.1. The van der Waals surface area contributed by atoms with Gasteiger partial charge in [0.05, 0.1) is 6.10 Å². The van der Waals surface area contributed by atoms with Gasteiger partial charge in [0.25, 0.3) is 0 Å². The van der Waals surface area contributed by atoms with E-state index in [1.54, 1.807) is 6.92 Å². The monoisotopic (exact) mass is 305 g/mol. The first-order chi connectivity index (χ1) is 10.5. The molecule has 0 bridgehead atoms. The van der Waals surface area contributed by atoms with Gasteiger partial charge in [0.1, 0.15) is 24.4 Å². The number of aliphatic hydroxyl groups excluding tert-OH is 3. The van der Waals surface area contributed by atoms with Crippen molar-refractivity contribution in [1.82, 2.24) is 0 Å². The largest absolute Gasteiger partial charge is 0.399 e. The number of hydrogen-bond acceptors (Lipinski definition) is 5. The van der Waals surface area contributed by atoms with Crippen LogP contribution in [0.5, 0.6) is 0 Å². The average Bonchev–Trinajstić information content (AvgIpc) is 2.51. The van der Waals surface area contributed by atoms with E-state index in [4.69, 9.17) is 10.5 Å². The molecule has 0 amide bonds. The number of hydrogen-bond donors (Lipinski definition) is 4. The van der Waals surface area contributed by atoms with Gasteiger partial charge in [-0.05, 0) is 43.9 Å². The van der Waals surface area contributed by atoms with E-state index < -0.39 is 30.5 Å². The summed E-state index contributed by atoms with van der Waals surface area (Å²) in [7, 11) is 0. The van der Waals surface area contributed by atoms with Crippen LogP contribution in [-0.2, 0) is 11.2 Å². The van der Waals surface area contributed by atoms with Crippen molar-refractivity contribution < 1.29 is 20.1 Å². The molecule has 1 aromatic rings. The molecule has 22 heavy (non-hydrogen) atoms. The lowest BCUT2D eigenvalue weighted by molar-refractivity contribution is -0.208. The molecular formula is C17H23NO4. The van der Waals surface area contributed by atoms with Gasteiger partial charge in [0, 0.05) is 5.69 Å². The number of nitrogen functional groups attached to an aromatic ring is 1. The maximum atomic E-state index is 10.0. The molecule has 5 N–H and O–H groups in total. The van der Waals surface area contributed by atoms with Crippen LogP contribution in [0.1, 0.15) is 25.3 Å². The second-order valence-electron chi connectivity index (χ2n) is 5.60. The number of aryl methyl sites for hydroxylation is 1. The zero-order valence-corrected chi connectivity index (χ0v) is 12.6. The van der Waals surface area contributed by atoms with Crippen LogP contribution in [0.4, 0.5) is 5.69 Å². The second-order valence-corrected chi connectivity index (χ2v) is 5.60. The lowest BCUT2D eigenvalue weighted by Crippen LogP contribution is -2.57. The van der Waals surface area contributed by atoms with Crippen molar-refractivity contribution >= 4 is 5.69 Å². The topological polar surface area (TPSA) is 95.9 Å². The predicted molar refractivity (Wildman–Crippen MR) is 83.9 cm³/mol. The summed E-state index contributed by atoms with van der Waals surface area (Å²) in [5.74, 6) is 5.39. The van der Waals surface area contributed by atoms with Crippen molar-refractivity contribution in [1.29, 1.82) is 0 Å². The lowest BCUT2D eigenvalue weighted by atomic mass is 9.92. The van der Waals surface area contributed by atoms with Crippen LogP contribution in [-0.4, -0.2) is 45.8 Å². The Bertz CT molecular complexity index is 534. The maximum Gasteiger partial charge on any atom is 0.147 e. The highest BCUT2D eigenvalue weighted by Crippen LogP contribution is 2.24. The van der Waals surface area contributed by atoms with E-state index in [1.165, 1.54) is 0 Å². The Morgan fingerprint density at radius 2 is 1.77 bits per heavy atom. The van der Waals surface area contributed by atoms with Gasteiger partial charge in [-0.3, -0.25) is 0 Å². The molecule has 0 radical (unpaired) electrons. The summed E-state index contributed by atoms with van der Waals surface area (Å²) < 4.78 is 5.63. The summed E-state index contributed by atoms with van der Waals surface area (Å²) in [5.41, 5.74) is 7.53. The number of aliphatic hydroxyl groups is 3. The molecule has 1 fully saturated rings. The van der Waals surface area contributed by atoms with E-state index >= 15 is 0 Å². The van der Waals surface area contributed by atoms with Crippen molar-refractivity contribution in [2.24, 2.45) is 0 Å². The molecule has 1 aromatic carbocycles. The number of ether oxygens (including phenoxy) is 1. The fraction of sp³-hybridized carbons (Fsp3) is 0.529. The van der Waals surface area contributed by atoms with Gasteiger partial charge in [0.2, 0.25) is 0 Å². The van der Waals surface area contributed by atoms with Crippen LogP contribution in [0, 0.1) is 11.8 Å². The first-order valence-corrected chi connectivity index (χ1v) is 7.49. The maximum absolute atomic E-state index is 10.0. The fourth-order valence-electron chi connectivity index (χ4n) is 2.64. The van der Waals surface area contributed by atoms with Gasteiger partial charge in [-0.15, -0.1) is 5.92 Å². The minimum Gasteiger partial charge on any atom is -0.399 e. The van der Waals surface area contributed by atoms with Crippen LogP contribution in [0.2, 0.25) is 0 Å². The number of benzene rings is 1. The third-order valence-corrected chi connectivity index (χ3v) is 3.93. The second kappa shape index (κ2) is 7.61. The van der Waals surface area contributed by atoms with Gasteiger partial charge < -0.3 is 25.8 Å². The Hall–Kier alpha value is -1.58. The highest BCUT2D eigenvalue weighted by molar-refractivity contribution is 5.39. The molecule has 5 atom stereocenters. The highest BCUT2D eigenvalue weighted by atomic mass is 16.5. The Morgan fingerprint density at radius 1 is 1.09 bits per heavy atom. The molecule has 2 unspecified atom stereocenters. The van der Waals surface area contributed by atoms with E-state index in [2.05, 4.69) is 11.8 Å². The Morgan fingerprint density at radius 3 is 2.41 bits per heavy atom. The normalized spacial score (nSPS) is 31.4. The third kappa shape index (κ3) is 3.99. The van der Waals surface area contributed by atoms with E-state index in [0.29, 0.717) is 6.42 Å². The molecule has 120 valence electrons. The van der Waals surface area contributed by atoms with Gasteiger partial charge in [-0.25, -0.2) is 0 Å². The van der Waals surface area contributed by atoms with Gasteiger partial charge >= 0.3 is 0 Å². The summed E-state index contributed by atoms with van der Waals surface area (Å²) in [6.45, 7) is 1.64. The molecular weight excluding hydrogens is 282 g/mol. The quantitative estimate of drug-likeness (QED) is 0.479. The van der Waals surface area contributed by atoms with Crippen molar-refractivity contribution in [3.63, 3.8) is 0 Å². The summed E-state index contributed by atoms with van der Waals surface area (Å²) in [6.07, 6.45) is -2.61. The van der Waals surface area contributed by atoms with Gasteiger partial charge in [0.15, 0.2) is 0 Å². The van der Waals surface area contributed by atoms with Crippen LogP contribution in [0.25, 0.3) is 0 Å². The standard InChI is InChI=1S/C17H23NO4/c1-2-4-13-15(19)17(21)16(20)14(22-13)6-3-5-11-7-9-12(18)10-8-11/h7-10,13-17,19-21H,3,5-6,18H2,1H3/t13?,14-,15-,16?,17+/m0/s1. The molecule has 0 aliphatic carbocycles. The Balaban J connectivity index is 1.90. The minimum absolute atomic E-state index is 0.530. The SMILES string of the molecule is CC#CC1O[C@@H](CCCc2ccc(N)cc2)C(O)[C@H](O)[C@H]1O. The van der Waals surface area contributed by atoms with E-state index in [9.17, 15) is 15.3 Å². The Labute approximate surface area is 130 Å². The highest BCUT2D eigenvalue weighted by Gasteiger charge is 2.42. The summed E-state index contributed by atoms with van der Waals surface area (Å²) in [5, 5.41) is 29.8. The van der Waals surface area contributed by atoms with Gasteiger partial charge in [-0.1, -0.05) is 18.1 Å². The number of nitrogens with two attached hydrogens (primary N) is 1. The van der Waals surface area contributed by atoms with Crippen LogP contribution < -0.4 is 5.73 Å². The van der Waals surface area contributed by atoms with Crippen LogP contribution in [0.15, 0.2) is 24.3 Å². The molecule has 5 nitrogen and oxygen atoms in total. The third-order valence-electron chi connectivity index (χ3n) is 3.93. The van der Waals surface area contributed by atoms with E-state index in [-0.39, 0.29) is 0 Å². The molecule has 1 saturated heterocycles. The summed E-state index contributed by atoms with van der Waals surface area (Å²) in [4.78, 5) is 0. The zero-order valence-electron chi connectivity index (χ0n) is 12.6. The summed E-state index contributed by atoms with van der Waals surface area (Å²) >= 11 is 0. The number of anilines is 1. The molecule has 2 rings (SSSR count). The first-order valence-electron chi connectivity index (χ1n) is 7.49. The van der Waals surface area contributed by atoms with Crippen LogP contribution >= 0.6 is 0 Å². The van der Waals surface area contributed by atoms with Crippen molar-refractivity contribution in [3.8, 4) is 11.8 Å². The average molecular weight is 305 g/mol.